The van der Waals surface area contributed by atoms with Crippen LogP contribution in [-0.2, 0) is 18.3 Å². The fraction of sp³-hybridized carbons (Fsp3) is 0.213. The summed E-state index contributed by atoms with van der Waals surface area (Å²) >= 11 is 0. The molecule has 0 bridgehead atoms. The van der Waals surface area contributed by atoms with Crippen molar-refractivity contribution in [2.45, 2.75) is 72.1 Å². The van der Waals surface area contributed by atoms with Gasteiger partial charge in [-0.05, 0) is 119 Å². The van der Waals surface area contributed by atoms with Gasteiger partial charge in [-0.15, -0.1) is 0 Å². The highest BCUT2D eigenvalue weighted by molar-refractivity contribution is 6.08. The molecular weight excluding hydrogens is 779 g/mol. The number of furan rings is 1. The summed E-state index contributed by atoms with van der Waals surface area (Å²) in [5.74, 6) is 2.96. The normalized spacial score (nSPS) is 21.2. The second-order valence-electron chi connectivity index (χ2n) is 17.9. The molecule has 6 aliphatic rings. The zero-order valence-corrected chi connectivity index (χ0v) is 38.1. The van der Waals surface area contributed by atoms with Crippen LogP contribution < -0.4 is 9.64 Å². The first kappa shape index (κ1) is 42.5. The van der Waals surface area contributed by atoms with E-state index in [-0.39, 0.29) is 10.8 Å². The molecule has 1 heterocycles. The van der Waals surface area contributed by atoms with Crippen LogP contribution in [0.15, 0.2) is 221 Å². The quantitative estimate of drug-likeness (QED) is 0.170. The van der Waals surface area contributed by atoms with Gasteiger partial charge in [0, 0.05) is 57.5 Å². The molecule has 0 radical (unpaired) electrons. The molecule has 64 heavy (non-hydrogen) atoms. The first-order chi connectivity index (χ1) is 31.2. The van der Waals surface area contributed by atoms with E-state index in [1.54, 1.807) is 6.08 Å². The van der Waals surface area contributed by atoms with Crippen molar-refractivity contribution in [1.82, 2.24) is 0 Å². The largest absolute Gasteiger partial charge is 0.489 e. The Hall–Kier alpha value is -6.84. The minimum absolute atomic E-state index is 0.166. The van der Waals surface area contributed by atoms with E-state index in [9.17, 15) is 0 Å². The van der Waals surface area contributed by atoms with Gasteiger partial charge in [0.15, 0.2) is 0 Å². The summed E-state index contributed by atoms with van der Waals surface area (Å²) in [6.07, 6.45) is 49.5. The van der Waals surface area contributed by atoms with Gasteiger partial charge in [0.1, 0.15) is 23.9 Å². The number of nitrogens with zero attached hydrogens (tertiary/aromatic N) is 1. The zero-order valence-electron chi connectivity index (χ0n) is 38.1. The molecule has 6 aliphatic carbocycles. The van der Waals surface area contributed by atoms with Gasteiger partial charge in [0.2, 0.25) is 0 Å². The smallest absolute Gasteiger partial charge is 0.139 e. The molecule has 0 amide bonds. The molecular formula is C61H59NO2. The highest BCUT2D eigenvalue weighted by Gasteiger charge is 2.54. The monoisotopic (exact) mass is 837 g/mol. The first-order valence-corrected chi connectivity index (χ1v) is 22.9. The maximum Gasteiger partial charge on any atom is 0.139 e. The average molecular weight is 838 g/mol. The fourth-order valence-corrected chi connectivity index (χ4v) is 10.8. The maximum absolute atomic E-state index is 7.22. The number of ether oxygens (including phenoxy) is 1. The highest BCUT2D eigenvalue weighted by atomic mass is 16.5. The van der Waals surface area contributed by atoms with Crippen molar-refractivity contribution in [2.75, 3.05) is 11.5 Å². The van der Waals surface area contributed by atoms with Gasteiger partial charge in [-0.2, -0.15) is 0 Å². The maximum atomic E-state index is 7.22. The second-order valence-corrected chi connectivity index (χ2v) is 17.9. The summed E-state index contributed by atoms with van der Waals surface area (Å²) < 4.78 is 13.6. The summed E-state index contributed by atoms with van der Waals surface area (Å²) in [4.78, 5) is 2.36. The minimum atomic E-state index is -0.264. The van der Waals surface area contributed by atoms with Gasteiger partial charge in [-0.1, -0.05) is 168 Å². The zero-order chi connectivity index (χ0) is 44.4. The van der Waals surface area contributed by atoms with E-state index in [0.717, 1.165) is 71.9 Å². The lowest BCUT2D eigenvalue weighted by atomic mass is 9.71. The van der Waals surface area contributed by atoms with Crippen molar-refractivity contribution < 1.29 is 9.15 Å². The van der Waals surface area contributed by atoms with Crippen LogP contribution >= 0.6 is 0 Å². The third-order valence-corrected chi connectivity index (χ3v) is 13.8. The standard InChI is InChI=1S/C61H59NO2/c1-8-11-12-13-22-40-63-52-39-38-50-56(42(52)4)60(5,6)58-55-51(61(7,10-3)57(50)58)34-24-35-53-54(55)49-33-21-20-32-48(59(49)64-53)44-28-23-31-46(37-36-44)62(45-29-18-15-19-30-45)47(25-9-2)41-43-26-16-14-17-27-43/h8-9,11-26,28-30,32,34,36-39,41H,1-2,10,27,31,33,35,40H2,3-7H3/b12-11-,22-13-,43-41-,47-25+. The third-order valence-electron chi connectivity index (χ3n) is 13.8. The topological polar surface area (TPSA) is 25.6 Å². The summed E-state index contributed by atoms with van der Waals surface area (Å²) in [5, 5.41) is 0. The molecule has 1 unspecified atom stereocenters. The number of hydrogen-bond donors (Lipinski definition) is 0. The van der Waals surface area contributed by atoms with Gasteiger partial charge in [-0.3, -0.25) is 0 Å². The van der Waals surface area contributed by atoms with Crippen LogP contribution in [0, 0.1) is 12.3 Å². The molecule has 0 fully saturated rings. The van der Waals surface area contributed by atoms with E-state index >= 15 is 0 Å². The van der Waals surface area contributed by atoms with E-state index in [1.807, 2.05) is 30.4 Å². The van der Waals surface area contributed by atoms with Crippen molar-refractivity contribution in [3.8, 4) is 5.75 Å². The Labute approximate surface area is 381 Å². The molecule has 1 atom stereocenters. The predicted molar refractivity (Wildman–Crippen MR) is 271 cm³/mol. The Morgan fingerprint density at radius 1 is 0.812 bits per heavy atom. The van der Waals surface area contributed by atoms with Crippen molar-refractivity contribution >= 4 is 22.4 Å². The SMILES string of the molecule is C=C/C=C\C=C/COc1ccc2c(c1C)C(C)(C)C1=C2C(C)(CC)C2=C1c1c(oc3c1CC=CC=C3C1=CC=C(N(C(/C=C3/C=CC=CC3)=C/C=C)c3ccccc3)CC=C1)CC=C2. The van der Waals surface area contributed by atoms with Crippen LogP contribution in [0.25, 0.3) is 16.7 Å². The number of para-hydroxylation sites is 1. The Morgan fingerprint density at radius 2 is 1.64 bits per heavy atom. The molecule has 0 saturated carbocycles. The fourth-order valence-electron chi connectivity index (χ4n) is 10.8. The number of benzene rings is 2. The van der Waals surface area contributed by atoms with E-state index in [2.05, 4.69) is 186 Å². The Bertz CT molecular complexity index is 2870. The molecule has 2 aromatic carbocycles. The van der Waals surface area contributed by atoms with E-state index in [1.165, 1.54) is 61.4 Å². The predicted octanol–water partition coefficient (Wildman–Crippen LogP) is 15.6. The highest BCUT2D eigenvalue weighted by Crippen LogP contribution is 2.67. The molecule has 3 heteroatoms. The number of anilines is 1. The van der Waals surface area contributed by atoms with E-state index < -0.39 is 0 Å². The first-order valence-electron chi connectivity index (χ1n) is 22.9. The Morgan fingerprint density at radius 3 is 2.42 bits per heavy atom. The van der Waals surface area contributed by atoms with Gasteiger partial charge >= 0.3 is 0 Å². The molecule has 0 N–H and O–H groups in total. The van der Waals surface area contributed by atoms with Crippen LogP contribution in [-0.4, -0.2) is 6.61 Å². The van der Waals surface area contributed by atoms with E-state index in [0.29, 0.717) is 6.61 Å². The molecule has 0 saturated heterocycles. The minimum Gasteiger partial charge on any atom is -0.489 e. The van der Waals surface area contributed by atoms with E-state index in [4.69, 9.17) is 9.15 Å². The van der Waals surface area contributed by atoms with Crippen LogP contribution in [0.1, 0.15) is 86.3 Å². The molecule has 3 nitrogen and oxygen atoms in total. The molecule has 0 aliphatic heterocycles. The lowest BCUT2D eigenvalue weighted by Crippen LogP contribution is -2.21. The van der Waals surface area contributed by atoms with Gasteiger partial charge in [-0.25, -0.2) is 0 Å². The number of hydrogen-bond acceptors (Lipinski definition) is 3. The number of allylic oxidation sites excluding steroid dienone is 27. The lowest BCUT2D eigenvalue weighted by molar-refractivity contribution is 0.359. The summed E-state index contributed by atoms with van der Waals surface area (Å²) in [6.45, 7) is 20.3. The molecule has 320 valence electrons. The van der Waals surface area contributed by atoms with Crippen LogP contribution in [0.3, 0.4) is 0 Å². The van der Waals surface area contributed by atoms with Gasteiger partial charge in [0.25, 0.3) is 0 Å². The molecule has 1 aromatic heterocycles. The third kappa shape index (κ3) is 7.37. The summed E-state index contributed by atoms with van der Waals surface area (Å²) in [6, 6.07) is 15.2. The van der Waals surface area contributed by atoms with Crippen molar-refractivity contribution in [2.24, 2.45) is 5.41 Å². The number of fused-ring (bicyclic) bond motifs is 7. The lowest BCUT2D eigenvalue weighted by Gasteiger charge is -2.32. The molecule has 0 spiro atoms. The second kappa shape index (κ2) is 17.7. The Kier molecular flexibility index (Phi) is 11.8. The van der Waals surface area contributed by atoms with Gasteiger partial charge < -0.3 is 14.1 Å². The number of rotatable bonds is 12. The Balaban J connectivity index is 1.12. The summed E-state index contributed by atoms with van der Waals surface area (Å²) in [5.41, 5.74) is 18.6. The van der Waals surface area contributed by atoms with Crippen LogP contribution in [0.2, 0.25) is 0 Å². The van der Waals surface area contributed by atoms with Crippen LogP contribution in [0.5, 0.6) is 5.75 Å². The summed E-state index contributed by atoms with van der Waals surface area (Å²) in [7, 11) is 0. The average Bonchev–Trinajstić information content (AvgIpc) is 3.58. The van der Waals surface area contributed by atoms with Crippen molar-refractivity contribution in [3.63, 3.8) is 0 Å². The van der Waals surface area contributed by atoms with Crippen molar-refractivity contribution in [3.05, 3.63) is 256 Å². The molecule has 3 aromatic rings. The van der Waals surface area contributed by atoms with Crippen molar-refractivity contribution in [1.29, 1.82) is 0 Å². The van der Waals surface area contributed by atoms with Gasteiger partial charge in [0.05, 0.1) is 0 Å². The van der Waals surface area contributed by atoms with Crippen LogP contribution in [0.4, 0.5) is 5.69 Å². The molecule has 9 rings (SSSR count).